The summed E-state index contributed by atoms with van der Waals surface area (Å²) in [5.74, 6) is -0.390. The Hall–Kier alpha value is -1.56. The van der Waals surface area contributed by atoms with Gasteiger partial charge in [0, 0.05) is 16.3 Å². The fourth-order valence-electron chi connectivity index (χ4n) is 1.44. The van der Waals surface area contributed by atoms with Gasteiger partial charge in [0.2, 0.25) is 5.91 Å². The van der Waals surface area contributed by atoms with Gasteiger partial charge in [-0.1, -0.05) is 5.11 Å². The van der Waals surface area contributed by atoms with Crippen LogP contribution in [-0.2, 0) is 4.79 Å². The summed E-state index contributed by atoms with van der Waals surface area (Å²) in [6, 6.07) is 1.50. The van der Waals surface area contributed by atoms with Crippen LogP contribution in [0.2, 0.25) is 0 Å². The average Bonchev–Trinajstić information content (AvgIpc) is 2.69. The number of carbonyl (C=O) groups is 1. The van der Waals surface area contributed by atoms with Crippen LogP contribution in [0.4, 0.5) is 0 Å². The normalized spacial score (nSPS) is 11.8. The first kappa shape index (κ1) is 13.5. The lowest BCUT2D eigenvalue weighted by molar-refractivity contribution is -0.120. The molecular formula is C10H15N5OS. The van der Waals surface area contributed by atoms with Crippen molar-refractivity contribution in [3.05, 3.63) is 32.3 Å². The van der Waals surface area contributed by atoms with E-state index in [4.69, 9.17) is 11.3 Å². The molecule has 0 aromatic carbocycles. The van der Waals surface area contributed by atoms with Crippen LogP contribution < -0.4 is 11.1 Å². The first-order valence-corrected chi connectivity index (χ1v) is 6.12. The Kier molecular flexibility index (Phi) is 5.48. The van der Waals surface area contributed by atoms with E-state index in [0.717, 1.165) is 10.4 Å². The molecular weight excluding hydrogens is 238 g/mol. The zero-order chi connectivity index (χ0) is 12.7. The van der Waals surface area contributed by atoms with Gasteiger partial charge in [-0.05, 0) is 42.4 Å². The number of rotatable bonds is 7. The summed E-state index contributed by atoms with van der Waals surface area (Å²) >= 11 is 1.51. The third-order valence-electron chi connectivity index (χ3n) is 2.30. The molecule has 7 heteroatoms. The predicted octanol–water partition coefficient (Wildman–Crippen LogP) is 1.87. The quantitative estimate of drug-likeness (QED) is 0.335. The molecule has 0 saturated carbocycles. The number of nitrogens with zero attached hydrogens (tertiary/aromatic N) is 3. The van der Waals surface area contributed by atoms with Crippen LogP contribution in [0.5, 0.6) is 0 Å². The maximum absolute atomic E-state index is 11.4. The number of amides is 1. The summed E-state index contributed by atoms with van der Waals surface area (Å²) in [6.07, 6.45) is 0.679. The highest BCUT2D eigenvalue weighted by molar-refractivity contribution is 7.10. The van der Waals surface area contributed by atoms with Crippen molar-refractivity contribution in [2.45, 2.75) is 19.4 Å². The Labute approximate surface area is 103 Å². The van der Waals surface area contributed by atoms with Crippen molar-refractivity contribution in [2.75, 3.05) is 13.1 Å². The number of aryl methyl sites for hydroxylation is 1. The fraction of sp³-hybridized carbons (Fsp3) is 0.500. The lowest BCUT2D eigenvalue weighted by Gasteiger charge is -2.14. The molecule has 0 aliphatic carbocycles. The van der Waals surface area contributed by atoms with Crippen LogP contribution in [0.15, 0.2) is 16.6 Å². The van der Waals surface area contributed by atoms with Crippen LogP contribution in [-0.4, -0.2) is 19.0 Å². The second-order valence-corrected chi connectivity index (χ2v) is 4.51. The van der Waals surface area contributed by atoms with E-state index in [1.54, 1.807) is 0 Å². The molecule has 17 heavy (non-hydrogen) atoms. The lowest BCUT2D eigenvalue weighted by Crippen LogP contribution is -2.34. The second kappa shape index (κ2) is 6.90. The molecule has 1 aromatic heterocycles. The molecule has 0 spiro atoms. The van der Waals surface area contributed by atoms with Crippen LogP contribution in [0.25, 0.3) is 10.4 Å². The maximum atomic E-state index is 11.4. The van der Waals surface area contributed by atoms with Crippen molar-refractivity contribution >= 4 is 17.2 Å². The Morgan fingerprint density at radius 3 is 3.06 bits per heavy atom. The van der Waals surface area contributed by atoms with Crippen molar-refractivity contribution in [1.82, 2.24) is 5.32 Å². The smallest absolute Gasteiger partial charge is 0.240 e. The van der Waals surface area contributed by atoms with E-state index in [1.165, 1.54) is 11.3 Å². The molecule has 0 aliphatic rings. The summed E-state index contributed by atoms with van der Waals surface area (Å²) in [6.45, 7) is 2.95. The predicted molar refractivity (Wildman–Crippen MR) is 67.6 cm³/mol. The van der Waals surface area contributed by atoms with E-state index in [9.17, 15) is 4.79 Å². The van der Waals surface area contributed by atoms with Crippen LogP contribution in [0, 0.1) is 6.92 Å². The number of nitrogens with two attached hydrogens (primary N) is 1. The Morgan fingerprint density at radius 1 is 1.76 bits per heavy atom. The SMILES string of the molecule is Cc1ccsc1C(NCCCN=[N+]=[N-])C(N)=O. The molecule has 92 valence electrons. The molecule has 1 unspecified atom stereocenters. The lowest BCUT2D eigenvalue weighted by atomic mass is 10.1. The van der Waals surface area contributed by atoms with Gasteiger partial charge in [-0.15, -0.1) is 11.3 Å². The molecule has 1 rings (SSSR count). The molecule has 0 radical (unpaired) electrons. The summed E-state index contributed by atoms with van der Waals surface area (Å²) in [7, 11) is 0. The number of thiophene rings is 1. The van der Waals surface area contributed by atoms with Gasteiger partial charge in [0.1, 0.15) is 6.04 Å². The molecule has 0 saturated heterocycles. The minimum absolute atomic E-state index is 0.390. The van der Waals surface area contributed by atoms with Gasteiger partial charge in [0.05, 0.1) is 0 Å². The maximum Gasteiger partial charge on any atom is 0.240 e. The van der Waals surface area contributed by atoms with Crippen LogP contribution in [0.3, 0.4) is 0 Å². The van der Waals surface area contributed by atoms with Gasteiger partial charge < -0.3 is 11.1 Å². The van der Waals surface area contributed by atoms with Crippen molar-refractivity contribution in [2.24, 2.45) is 10.8 Å². The average molecular weight is 253 g/mol. The standard InChI is InChI=1S/C10H15N5OS/c1-7-3-6-17-9(7)8(10(11)16)13-4-2-5-14-15-12/h3,6,8,13H,2,4-5H2,1H3,(H2,11,16). The van der Waals surface area contributed by atoms with Crippen molar-refractivity contribution in [3.63, 3.8) is 0 Å². The van der Waals surface area contributed by atoms with E-state index < -0.39 is 6.04 Å². The van der Waals surface area contributed by atoms with E-state index in [-0.39, 0.29) is 5.91 Å². The number of hydrogen-bond acceptors (Lipinski definition) is 4. The highest BCUT2D eigenvalue weighted by Gasteiger charge is 2.19. The summed E-state index contributed by atoms with van der Waals surface area (Å²) in [5, 5.41) is 8.43. The van der Waals surface area contributed by atoms with E-state index in [1.807, 2.05) is 18.4 Å². The summed E-state index contributed by atoms with van der Waals surface area (Å²) in [5.41, 5.74) is 14.5. The molecule has 1 aromatic rings. The number of hydrogen-bond donors (Lipinski definition) is 2. The number of nitrogens with one attached hydrogen (secondary N) is 1. The Morgan fingerprint density at radius 2 is 2.53 bits per heavy atom. The number of primary amides is 1. The van der Waals surface area contributed by atoms with Crippen LogP contribution in [0.1, 0.15) is 22.9 Å². The molecule has 1 amide bonds. The number of carbonyl (C=O) groups excluding carboxylic acids is 1. The van der Waals surface area contributed by atoms with Crippen LogP contribution >= 0.6 is 11.3 Å². The largest absolute Gasteiger partial charge is 0.368 e. The van der Waals surface area contributed by atoms with E-state index >= 15 is 0 Å². The molecule has 0 aliphatic heterocycles. The molecule has 3 N–H and O–H groups in total. The third kappa shape index (κ3) is 4.07. The summed E-state index contributed by atoms with van der Waals surface area (Å²) < 4.78 is 0. The topological polar surface area (TPSA) is 104 Å². The highest BCUT2D eigenvalue weighted by Crippen LogP contribution is 2.23. The Bertz CT molecular complexity index is 424. The third-order valence-corrected chi connectivity index (χ3v) is 3.38. The second-order valence-electron chi connectivity index (χ2n) is 3.57. The van der Waals surface area contributed by atoms with E-state index in [0.29, 0.717) is 19.5 Å². The monoisotopic (exact) mass is 253 g/mol. The zero-order valence-electron chi connectivity index (χ0n) is 9.59. The fourth-order valence-corrected chi connectivity index (χ4v) is 2.45. The van der Waals surface area contributed by atoms with Gasteiger partial charge in [0.15, 0.2) is 0 Å². The highest BCUT2D eigenvalue weighted by atomic mass is 32.1. The van der Waals surface area contributed by atoms with Crippen molar-refractivity contribution in [1.29, 1.82) is 0 Å². The van der Waals surface area contributed by atoms with Gasteiger partial charge in [-0.25, -0.2) is 0 Å². The molecule has 0 fully saturated rings. The molecule has 6 nitrogen and oxygen atoms in total. The molecule has 0 bridgehead atoms. The van der Waals surface area contributed by atoms with Crippen molar-refractivity contribution < 1.29 is 4.79 Å². The van der Waals surface area contributed by atoms with Gasteiger partial charge >= 0.3 is 0 Å². The number of azide groups is 1. The van der Waals surface area contributed by atoms with Gasteiger partial charge in [0.25, 0.3) is 0 Å². The minimum Gasteiger partial charge on any atom is -0.368 e. The van der Waals surface area contributed by atoms with E-state index in [2.05, 4.69) is 15.3 Å². The minimum atomic E-state index is -0.457. The molecule has 1 atom stereocenters. The van der Waals surface area contributed by atoms with Gasteiger partial charge in [-0.3, -0.25) is 4.79 Å². The first-order chi connectivity index (χ1) is 8.16. The first-order valence-electron chi connectivity index (χ1n) is 5.24. The van der Waals surface area contributed by atoms with Crippen molar-refractivity contribution in [3.8, 4) is 0 Å². The molecule has 1 heterocycles. The Balaban J connectivity index is 2.53. The van der Waals surface area contributed by atoms with Gasteiger partial charge in [-0.2, -0.15) is 0 Å². The summed E-state index contributed by atoms with van der Waals surface area (Å²) in [4.78, 5) is 15.0. The zero-order valence-corrected chi connectivity index (χ0v) is 10.4.